The lowest BCUT2D eigenvalue weighted by molar-refractivity contribution is -0.113. The summed E-state index contributed by atoms with van der Waals surface area (Å²) < 4.78 is 10.2. The van der Waals surface area contributed by atoms with E-state index in [1.807, 2.05) is 0 Å². The molecule has 3 rings (SSSR count). The van der Waals surface area contributed by atoms with Gasteiger partial charge in [-0.05, 0) is 38.1 Å². The molecule has 0 atom stereocenters. The molecule has 8 nitrogen and oxygen atoms in total. The molecule has 0 aliphatic carbocycles. The number of aryl methyl sites for hydroxylation is 1. The van der Waals surface area contributed by atoms with Crippen molar-refractivity contribution >= 4 is 40.1 Å². The lowest BCUT2D eigenvalue weighted by Gasteiger charge is -2.02. The fourth-order valence-corrected chi connectivity index (χ4v) is 3.57. The zero-order valence-electron chi connectivity index (χ0n) is 14.6. The highest BCUT2D eigenvalue weighted by atomic mass is 32.2. The van der Waals surface area contributed by atoms with E-state index in [1.165, 1.54) is 11.8 Å². The van der Waals surface area contributed by atoms with Crippen LogP contribution in [-0.4, -0.2) is 39.4 Å². The Hall–Kier alpha value is -2.72. The standard InChI is InChI=1S/C17H16N4O4S2/c1-3-24-16(23)15-10(2)18-17(27-15)19-13(22)9-26-14-7-6-11(20-21-14)12-5-4-8-25-12/h4-8H,3,9H2,1-2H3,(H,18,19,22). The fourth-order valence-electron chi connectivity index (χ4n) is 2.08. The van der Waals surface area contributed by atoms with Crippen molar-refractivity contribution < 1.29 is 18.7 Å². The van der Waals surface area contributed by atoms with Crippen LogP contribution in [-0.2, 0) is 9.53 Å². The van der Waals surface area contributed by atoms with Crippen LogP contribution < -0.4 is 5.32 Å². The number of nitrogens with one attached hydrogen (secondary N) is 1. The number of ether oxygens (including phenoxy) is 1. The molecule has 3 aromatic heterocycles. The Kier molecular flexibility index (Phi) is 6.20. The normalized spacial score (nSPS) is 10.6. The number of carbonyl (C=O) groups is 2. The average Bonchev–Trinajstić information content (AvgIpc) is 3.31. The Bertz CT molecular complexity index is 923. The SMILES string of the molecule is CCOC(=O)c1sc(NC(=O)CSc2ccc(-c3ccco3)nn2)nc1C. The maximum absolute atomic E-state index is 12.1. The van der Waals surface area contributed by atoms with Gasteiger partial charge in [0, 0.05) is 0 Å². The van der Waals surface area contributed by atoms with Crippen LogP contribution in [0.1, 0.15) is 22.3 Å². The van der Waals surface area contributed by atoms with Gasteiger partial charge in [0.05, 0.1) is 24.3 Å². The first-order valence-electron chi connectivity index (χ1n) is 8.01. The van der Waals surface area contributed by atoms with Crippen molar-refractivity contribution in [3.8, 4) is 11.5 Å². The van der Waals surface area contributed by atoms with Gasteiger partial charge in [0.2, 0.25) is 5.91 Å². The number of aromatic nitrogens is 3. The van der Waals surface area contributed by atoms with Crippen LogP contribution in [0.2, 0.25) is 0 Å². The van der Waals surface area contributed by atoms with Crippen molar-refractivity contribution in [2.24, 2.45) is 0 Å². The summed E-state index contributed by atoms with van der Waals surface area (Å²) in [7, 11) is 0. The molecule has 0 aliphatic rings. The van der Waals surface area contributed by atoms with Gasteiger partial charge in [0.1, 0.15) is 15.6 Å². The van der Waals surface area contributed by atoms with E-state index < -0.39 is 5.97 Å². The van der Waals surface area contributed by atoms with E-state index in [4.69, 9.17) is 9.15 Å². The van der Waals surface area contributed by atoms with Gasteiger partial charge >= 0.3 is 5.97 Å². The highest BCUT2D eigenvalue weighted by Gasteiger charge is 2.17. The molecule has 0 radical (unpaired) electrons. The first-order valence-corrected chi connectivity index (χ1v) is 9.82. The minimum Gasteiger partial charge on any atom is -0.463 e. The Balaban J connectivity index is 1.54. The second kappa shape index (κ2) is 8.78. The number of amides is 1. The number of thiazole rings is 1. The number of nitrogens with zero attached hydrogens (tertiary/aromatic N) is 3. The van der Waals surface area contributed by atoms with Crippen LogP contribution in [0, 0.1) is 6.92 Å². The van der Waals surface area contributed by atoms with Crippen LogP contribution in [0.4, 0.5) is 5.13 Å². The van der Waals surface area contributed by atoms with Crippen LogP contribution in [0.3, 0.4) is 0 Å². The van der Waals surface area contributed by atoms with Gasteiger partial charge in [-0.15, -0.1) is 10.2 Å². The van der Waals surface area contributed by atoms with Gasteiger partial charge in [-0.1, -0.05) is 23.1 Å². The largest absolute Gasteiger partial charge is 0.463 e. The highest BCUT2D eigenvalue weighted by molar-refractivity contribution is 7.99. The summed E-state index contributed by atoms with van der Waals surface area (Å²) in [6.45, 7) is 3.72. The van der Waals surface area contributed by atoms with E-state index in [0.29, 0.717) is 32.2 Å². The zero-order valence-corrected chi connectivity index (χ0v) is 16.2. The van der Waals surface area contributed by atoms with Crippen molar-refractivity contribution in [3.63, 3.8) is 0 Å². The number of furan rings is 1. The van der Waals surface area contributed by atoms with Crippen LogP contribution in [0.25, 0.3) is 11.5 Å². The number of rotatable bonds is 7. The number of thioether (sulfide) groups is 1. The quantitative estimate of drug-likeness (QED) is 0.471. The van der Waals surface area contributed by atoms with E-state index in [2.05, 4.69) is 20.5 Å². The Labute approximate surface area is 163 Å². The number of esters is 1. The van der Waals surface area contributed by atoms with Crippen LogP contribution >= 0.6 is 23.1 Å². The zero-order chi connectivity index (χ0) is 19.2. The summed E-state index contributed by atoms with van der Waals surface area (Å²) in [5, 5.41) is 11.8. The van der Waals surface area contributed by atoms with E-state index in [0.717, 1.165) is 11.3 Å². The topological polar surface area (TPSA) is 107 Å². The Morgan fingerprint density at radius 1 is 1.30 bits per heavy atom. The molecule has 0 aliphatic heterocycles. The molecule has 0 fully saturated rings. The molecular formula is C17H16N4O4S2. The van der Waals surface area contributed by atoms with Gasteiger partial charge in [-0.2, -0.15) is 0 Å². The Morgan fingerprint density at radius 2 is 2.15 bits per heavy atom. The smallest absolute Gasteiger partial charge is 0.350 e. The molecule has 0 unspecified atom stereocenters. The minimum absolute atomic E-state index is 0.141. The van der Waals surface area contributed by atoms with E-state index in [1.54, 1.807) is 44.4 Å². The summed E-state index contributed by atoms with van der Waals surface area (Å²) in [4.78, 5) is 28.5. The monoisotopic (exact) mass is 404 g/mol. The molecule has 0 spiro atoms. The molecule has 140 valence electrons. The molecule has 0 aromatic carbocycles. The molecule has 27 heavy (non-hydrogen) atoms. The van der Waals surface area contributed by atoms with E-state index >= 15 is 0 Å². The predicted octanol–water partition coefficient (Wildman–Crippen LogP) is 3.41. The molecule has 0 bridgehead atoms. The van der Waals surface area contributed by atoms with Crippen LogP contribution in [0.15, 0.2) is 40.0 Å². The van der Waals surface area contributed by atoms with Crippen molar-refractivity contribution in [1.29, 1.82) is 0 Å². The minimum atomic E-state index is -0.436. The first kappa shape index (κ1) is 19.1. The van der Waals surface area contributed by atoms with Crippen LogP contribution in [0.5, 0.6) is 0 Å². The molecule has 1 N–H and O–H groups in total. The number of hydrogen-bond acceptors (Lipinski definition) is 9. The third-order valence-corrected chi connectivity index (χ3v) is 5.24. The highest BCUT2D eigenvalue weighted by Crippen LogP contribution is 2.24. The van der Waals surface area contributed by atoms with E-state index in [9.17, 15) is 9.59 Å². The predicted molar refractivity (Wildman–Crippen MR) is 102 cm³/mol. The third-order valence-electron chi connectivity index (χ3n) is 3.27. The molecule has 3 heterocycles. The summed E-state index contributed by atoms with van der Waals surface area (Å²) in [6, 6.07) is 7.12. The number of anilines is 1. The maximum Gasteiger partial charge on any atom is 0.350 e. The molecule has 0 saturated carbocycles. The van der Waals surface area contributed by atoms with Crippen molar-refractivity contribution in [2.75, 3.05) is 17.7 Å². The molecule has 10 heteroatoms. The van der Waals surface area contributed by atoms with Crippen molar-refractivity contribution in [3.05, 3.63) is 41.1 Å². The summed E-state index contributed by atoms with van der Waals surface area (Å²) in [5.41, 5.74) is 1.15. The van der Waals surface area contributed by atoms with Gasteiger partial charge in [-0.3, -0.25) is 4.79 Å². The summed E-state index contributed by atoms with van der Waals surface area (Å²) in [6.07, 6.45) is 1.57. The third kappa shape index (κ3) is 4.92. The second-order valence-electron chi connectivity index (χ2n) is 5.22. The molecule has 0 saturated heterocycles. The van der Waals surface area contributed by atoms with E-state index in [-0.39, 0.29) is 18.3 Å². The van der Waals surface area contributed by atoms with Gasteiger partial charge in [0.25, 0.3) is 0 Å². The van der Waals surface area contributed by atoms with Gasteiger partial charge in [0.15, 0.2) is 10.9 Å². The Morgan fingerprint density at radius 3 is 2.81 bits per heavy atom. The van der Waals surface area contributed by atoms with Crippen molar-refractivity contribution in [1.82, 2.24) is 15.2 Å². The van der Waals surface area contributed by atoms with Gasteiger partial charge in [-0.25, -0.2) is 9.78 Å². The number of carbonyl (C=O) groups excluding carboxylic acids is 2. The second-order valence-corrected chi connectivity index (χ2v) is 7.22. The fraction of sp³-hybridized carbons (Fsp3) is 0.235. The summed E-state index contributed by atoms with van der Waals surface area (Å²) >= 11 is 2.34. The maximum atomic E-state index is 12.1. The molecule has 3 aromatic rings. The number of hydrogen-bond donors (Lipinski definition) is 1. The average molecular weight is 404 g/mol. The summed E-state index contributed by atoms with van der Waals surface area (Å²) in [5.74, 6) is 0.0889. The lowest BCUT2D eigenvalue weighted by atomic mass is 10.3. The van der Waals surface area contributed by atoms with Crippen molar-refractivity contribution in [2.45, 2.75) is 18.9 Å². The molecule has 1 amide bonds. The first-order chi connectivity index (χ1) is 13.1. The lowest BCUT2D eigenvalue weighted by Crippen LogP contribution is -2.14. The molecular weight excluding hydrogens is 388 g/mol. The van der Waals surface area contributed by atoms with Gasteiger partial charge < -0.3 is 14.5 Å².